The minimum Gasteiger partial charge on any atom is -0.293 e. The summed E-state index contributed by atoms with van der Waals surface area (Å²) in [5.74, 6) is 0.406. The van der Waals surface area contributed by atoms with Crippen LogP contribution in [0.15, 0.2) is 12.1 Å². The molecular weight excluding hydrogens is 240 g/mol. The molecule has 0 N–H and O–H groups in total. The fourth-order valence-corrected chi connectivity index (χ4v) is 4.04. The van der Waals surface area contributed by atoms with Crippen LogP contribution in [0.4, 0.5) is 0 Å². The fourth-order valence-electron chi connectivity index (χ4n) is 2.92. The highest BCUT2D eigenvalue weighted by atomic mass is 32.1. The second-order valence-electron chi connectivity index (χ2n) is 6.58. The Labute approximate surface area is 115 Å². The van der Waals surface area contributed by atoms with E-state index in [0.717, 1.165) is 24.1 Å². The van der Waals surface area contributed by atoms with Gasteiger partial charge in [0.1, 0.15) is 0 Å². The molecule has 0 aromatic carbocycles. The van der Waals surface area contributed by atoms with E-state index in [4.69, 9.17) is 0 Å². The zero-order valence-corrected chi connectivity index (χ0v) is 12.8. The van der Waals surface area contributed by atoms with Crippen LogP contribution in [0.5, 0.6) is 0 Å². The summed E-state index contributed by atoms with van der Waals surface area (Å²) >= 11 is 1.70. The number of hydrogen-bond donors (Lipinski definition) is 0. The summed E-state index contributed by atoms with van der Waals surface area (Å²) in [6, 6.07) is 4.18. The Morgan fingerprint density at radius 2 is 1.89 bits per heavy atom. The first kappa shape index (κ1) is 13.8. The first-order valence-corrected chi connectivity index (χ1v) is 7.86. The van der Waals surface area contributed by atoms with Gasteiger partial charge in [-0.05, 0) is 36.8 Å². The van der Waals surface area contributed by atoms with Gasteiger partial charge in [-0.1, -0.05) is 40.5 Å². The normalized spacial score (nSPS) is 19.1. The third-order valence-corrected chi connectivity index (χ3v) is 5.80. The molecule has 0 spiro atoms. The summed E-state index contributed by atoms with van der Waals surface area (Å²) in [6.45, 7) is 8.79. The monoisotopic (exact) mass is 264 g/mol. The molecule has 0 saturated heterocycles. The molecule has 1 aliphatic rings. The van der Waals surface area contributed by atoms with Crippen molar-refractivity contribution in [2.24, 2.45) is 5.41 Å². The summed E-state index contributed by atoms with van der Waals surface area (Å²) in [6.07, 6.45) is 5.61. The van der Waals surface area contributed by atoms with Crippen molar-refractivity contribution in [3.63, 3.8) is 0 Å². The van der Waals surface area contributed by atoms with Gasteiger partial charge in [0, 0.05) is 10.3 Å². The first-order chi connectivity index (χ1) is 8.39. The lowest BCUT2D eigenvalue weighted by molar-refractivity contribution is 0.0796. The standard InChI is InChI=1S/C16H24OS/c1-5-16(10-6-7-11-16)14(17)12-8-9-13(18-12)15(2,3)4/h8-9H,5-7,10-11H2,1-4H3. The number of thiophene rings is 1. The number of ketones is 1. The molecule has 2 rings (SSSR count). The van der Waals surface area contributed by atoms with Crippen molar-refractivity contribution in [2.45, 2.75) is 65.2 Å². The highest BCUT2D eigenvalue weighted by Gasteiger charge is 2.40. The van der Waals surface area contributed by atoms with E-state index in [-0.39, 0.29) is 10.8 Å². The van der Waals surface area contributed by atoms with Crippen molar-refractivity contribution in [3.05, 3.63) is 21.9 Å². The zero-order chi connectivity index (χ0) is 13.4. The van der Waals surface area contributed by atoms with Crippen molar-refractivity contribution in [3.8, 4) is 0 Å². The van der Waals surface area contributed by atoms with Crippen molar-refractivity contribution >= 4 is 17.1 Å². The molecule has 0 radical (unpaired) electrons. The van der Waals surface area contributed by atoms with E-state index in [0.29, 0.717) is 5.78 Å². The van der Waals surface area contributed by atoms with Crippen LogP contribution in [0.1, 0.15) is 74.3 Å². The molecule has 0 aliphatic heterocycles. The SMILES string of the molecule is CCC1(C(=O)c2ccc(C(C)(C)C)s2)CCCC1. The molecule has 2 heteroatoms. The van der Waals surface area contributed by atoms with Crippen molar-refractivity contribution in [1.29, 1.82) is 0 Å². The number of hydrogen-bond acceptors (Lipinski definition) is 2. The predicted molar refractivity (Wildman–Crippen MR) is 78.5 cm³/mol. The number of Topliss-reactive ketones (excluding diaryl/α,β-unsaturated/α-hetero) is 1. The molecule has 1 heterocycles. The number of rotatable bonds is 3. The average molecular weight is 264 g/mol. The smallest absolute Gasteiger partial charge is 0.178 e. The van der Waals surface area contributed by atoms with Gasteiger partial charge in [-0.3, -0.25) is 4.79 Å². The molecular formula is C16H24OS. The Kier molecular flexibility index (Phi) is 3.68. The molecule has 18 heavy (non-hydrogen) atoms. The Hall–Kier alpha value is -0.630. The Morgan fingerprint density at radius 1 is 1.28 bits per heavy atom. The Balaban J connectivity index is 2.26. The maximum absolute atomic E-state index is 12.8. The van der Waals surface area contributed by atoms with Crippen LogP contribution in [-0.4, -0.2) is 5.78 Å². The molecule has 1 nitrogen and oxygen atoms in total. The van der Waals surface area contributed by atoms with Gasteiger partial charge in [0.25, 0.3) is 0 Å². The van der Waals surface area contributed by atoms with Crippen LogP contribution in [0.2, 0.25) is 0 Å². The van der Waals surface area contributed by atoms with Gasteiger partial charge in [0.05, 0.1) is 4.88 Å². The molecule has 0 unspecified atom stereocenters. The third kappa shape index (κ3) is 2.40. The summed E-state index contributed by atoms with van der Waals surface area (Å²) in [7, 11) is 0. The number of carbonyl (C=O) groups excluding carboxylic acids is 1. The molecule has 0 amide bonds. The first-order valence-electron chi connectivity index (χ1n) is 7.04. The maximum atomic E-state index is 12.8. The lowest BCUT2D eigenvalue weighted by Gasteiger charge is -2.25. The lowest BCUT2D eigenvalue weighted by Crippen LogP contribution is -2.26. The highest BCUT2D eigenvalue weighted by molar-refractivity contribution is 7.14. The Morgan fingerprint density at radius 3 is 2.33 bits per heavy atom. The summed E-state index contributed by atoms with van der Waals surface area (Å²) in [5.41, 5.74) is 0.109. The molecule has 1 aliphatic carbocycles. The molecule has 1 aromatic heterocycles. The highest BCUT2D eigenvalue weighted by Crippen LogP contribution is 2.45. The molecule has 1 saturated carbocycles. The van der Waals surface area contributed by atoms with E-state index >= 15 is 0 Å². The van der Waals surface area contributed by atoms with Crippen LogP contribution >= 0.6 is 11.3 Å². The minimum atomic E-state index is -0.0417. The van der Waals surface area contributed by atoms with Crippen molar-refractivity contribution in [2.75, 3.05) is 0 Å². The van der Waals surface area contributed by atoms with E-state index in [1.807, 2.05) is 6.07 Å². The van der Waals surface area contributed by atoms with Gasteiger partial charge in [-0.25, -0.2) is 0 Å². The van der Waals surface area contributed by atoms with Gasteiger partial charge >= 0.3 is 0 Å². The van der Waals surface area contributed by atoms with Gasteiger partial charge in [0.2, 0.25) is 0 Å². The lowest BCUT2D eigenvalue weighted by atomic mass is 9.78. The minimum absolute atomic E-state index is 0.0417. The third-order valence-electron chi connectivity index (χ3n) is 4.29. The van der Waals surface area contributed by atoms with Gasteiger partial charge in [0.15, 0.2) is 5.78 Å². The van der Waals surface area contributed by atoms with Crippen molar-refractivity contribution < 1.29 is 4.79 Å². The van der Waals surface area contributed by atoms with E-state index in [2.05, 4.69) is 33.8 Å². The maximum Gasteiger partial charge on any atom is 0.178 e. The van der Waals surface area contributed by atoms with Crippen LogP contribution in [-0.2, 0) is 5.41 Å². The van der Waals surface area contributed by atoms with Crippen LogP contribution in [0.3, 0.4) is 0 Å². The van der Waals surface area contributed by atoms with Gasteiger partial charge in [-0.2, -0.15) is 0 Å². The van der Waals surface area contributed by atoms with Crippen LogP contribution < -0.4 is 0 Å². The fraction of sp³-hybridized carbons (Fsp3) is 0.688. The molecule has 1 fully saturated rings. The molecule has 0 bridgehead atoms. The van der Waals surface area contributed by atoms with Gasteiger partial charge in [-0.15, -0.1) is 11.3 Å². The summed E-state index contributed by atoms with van der Waals surface area (Å²) < 4.78 is 0. The second-order valence-corrected chi connectivity index (χ2v) is 7.67. The summed E-state index contributed by atoms with van der Waals surface area (Å²) in [4.78, 5) is 15.0. The largest absolute Gasteiger partial charge is 0.293 e. The molecule has 0 atom stereocenters. The van der Waals surface area contributed by atoms with E-state index in [1.54, 1.807) is 11.3 Å². The van der Waals surface area contributed by atoms with Crippen LogP contribution in [0, 0.1) is 5.41 Å². The van der Waals surface area contributed by atoms with E-state index < -0.39 is 0 Å². The second kappa shape index (κ2) is 4.80. The van der Waals surface area contributed by atoms with Crippen LogP contribution in [0.25, 0.3) is 0 Å². The predicted octanol–water partition coefficient (Wildman–Crippen LogP) is 5.20. The summed E-state index contributed by atoms with van der Waals surface area (Å²) in [5, 5.41) is 0. The molecule has 1 aromatic rings. The van der Waals surface area contributed by atoms with E-state index in [9.17, 15) is 4.79 Å². The number of carbonyl (C=O) groups is 1. The average Bonchev–Trinajstić information content (AvgIpc) is 2.97. The topological polar surface area (TPSA) is 17.1 Å². The zero-order valence-electron chi connectivity index (χ0n) is 12.0. The van der Waals surface area contributed by atoms with E-state index in [1.165, 1.54) is 17.7 Å². The van der Waals surface area contributed by atoms with Crippen molar-refractivity contribution in [1.82, 2.24) is 0 Å². The quantitative estimate of drug-likeness (QED) is 0.686. The molecule has 100 valence electrons. The Bertz CT molecular complexity index is 430. The van der Waals surface area contributed by atoms with Gasteiger partial charge < -0.3 is 0 Å².